The largest absolute Gasteiger partial charge is 0.378 e. The second kappa shape index (κ2) is 4.61. The van der Waals surface area contributed by atoms with Gasteiger partial charge in [0.25, 0.3) is 0 Å². The molecular formula is C9H12N2O2S. The van der Waals surface area contributed by atoms with Crippen molar-refractivity contribution in [3.05, 3.63) is 11.9 Å². The molecule has 0 spiro atoms. The SMILES string of the molecule is O=C(CCC1CCCO1)c1cnsn1. The quantitative estimate of drug-likeness (QED) is 0.712. The Morgan fingerprint density at radius 2 is 2.64 bits per heavy atom. The van der Waals surface area contributed by atoms with Crippen molar-refractivity contribution in [2.24, 2.45) is 0 Å². The van der Waals surface area contributed by atoms with Gasteiger partial charge in [-0.15, -0.1) is 0 Å². The lowest BCUT2D eigenvalue weighted by Gasteiger charge is -2.06. The predicted octanol–water partition coefficient (Wildman–Crippen LogP) is 1.68. The summed E-state index contributed by atoms with van der Waals surface area (Å²) in [5, 5.41) is 0. The molecule has 0 aromatic carbocycles. The van der Waals surface area contributed by atoms with Gasteiger partial charge >= 0.3 is 0 Å². The first-order valence-electron chi connectivity index (χ1n) is 4.78. The van der Waals surface area contributed by atoms with Crippen molar-refractivity contribution in [3.8, 4) is 0 Å². The molecule has 1 atom stereocenters. The lowest BCUT2D eigenvalue weighted by atomic mass is 10.1. The highest BCUT2D eigenvalue weighted by Crippen LogP contribution is 2.17. The number of ketones is 1. The van der Waals surface area contributed by atoms with Crippen LogP contribution in [0.25, 0.3) is 0 Å². The summed E-state index contributed by atoms with van der Waals surface area (Å²) in [5.41, 5.74) is 0.494. The Kier molecular flexibility index (Phi) is 3.21. The molecule has 1 aromatic heterocycles. The van der Waals surface area contributed by atoms with Gasteiger partial charge in [-0.3, -0.25) is 4.79 Å². The third-order valence-corrected chi connectivity index (χ3v) is 2.84. The molecule has 0 bridgehead atoms. The second-order valence-electron chi connectivity index (χ2n) is 3.39. The Hall–Kier alpha value is -0.810. The Morgan fingerprint density at radius 3 is 3.29 bits per heavy atom. The summed E-state index contributed by atoms with van der Waals surface area (Å²) < 4.78 is 13.1. The zero-order valence-electron chi connectivity index (χ0n) is 7.81. The zero-order chi connectivity index (χ0) is 9.80. The standard InChI is InChI=1S/C9H12N2O2S/c12-9(8-6-10-14-11-8)4-3-7-2-1-5-13-7/h6-7H,1-5H2. The van der Waals surface area contributed by atoms with E-state index in [0.717, 1.165) is 37.6 Å². The van der Waals surface area contributed by atoms with Crippen LogP contribution in [0.1, 0.15) is 36.2 Å². The van der Waals surface area contributed by atoms with Crippen molar-refractivity contribution in [2.75, 3.05) is 6.61 Å². The maximum atomic E-state index is 11.5. The van der Waals surface area contributed by atoms with Crippen molar-refractivity contribution >= 4 is 17.5 Å². The number of hydrogen-bond acceptors (Lipinski definition) is 5. The minimum atomic E-state index is 0.0780. The van der Waals surface area contributed by atoms with E-state index in [2.05, 4.69) is 8.75 Å². The van der Waals surface area contributed by atoms with Crippen LogP contribution < -0.4 is 0 Å². The van der Waals surface area contributed by atoms with Crippen LogP contribution in [-0.4, -0.2) is 27.2 Å². The normalized spacial score (nSPS) is 21.3. The van der Waals surface area contributed by atoms with Gasteiger partial charge in [-0.1, -0.05) is 0 Å². The van der Waals surface area contributed by atoms with E-state index in [-0.39, 0.29) is 11.9 Å². The highest BCUT2D eigenvalue weighted by molar-refractivity contribution is 6.99. The van der Waals surface area contributed by atoms with Crippen LogP contribution in [-0.2, 0) is 4.74 Å². The number of nitrogens with zero attached hydrogens (tertiary/aromatic N) is 2. The molecule has 1 aliphatic rings. The van der Waals surface area contributed by atoms with Crippen molar-refractivity contribution < 1.29 is 9.53 Å². The highest BCUT2D eigenvalue weighted by atomic mass is 32.1. The molecule has 1 fully saturated rings. The molecule has 76 valence electrons. The van der Waals surface area contributed by atoms with Gasteiger partial charge in [-0.25, -0.2) is 0 Å². The molecule has 0 N–H and O–H groups in total. The topological polar surface area (TPSA) is 52.1 Å². The molecule has 1 unspecified atom stereocenters. The van der Waals surface area contributed by atoms with Crippen molar-refractivity contribution in [3.63, 3.8) is 0 Å². The minimum absolute atomic E-state index is 0.0780. The maximum Gasteiger partial charge on any atom is 0.184 e. The van der Waals surface area contributed by atoms with E-state index < -0.39 is 0 Å². The number of rotatable bonds is 4. The molecular weight excluding hydrogens is 200 g/mol. The van der Waals surface area contributed by atoms with E-state index in [1.54, 1.807) is 0 Å². The number of carbonyl (C=O) groups excluding carboxylic acids is 1. The maximum absolute atomic E-state index is 11.5. The van der Waals surface area contributed by atoms with E-state index in [4.69, 9.17) is 4.74 Å². The van der Waals surface area contributed by atoms with Gasteiger partial charge in [0.05, 0.1) is 24.0 Å². The van der Waals surface area contributed by atoms with Crippen LogP contribution in [0.3, 0.4) is 0 Å². The number of aromatic nitrogens is 2. The third-order valence-electron chi connectivity index (χ3n) is 2.36. The molecule has 5 heteroatoms. The summed E-state index contributed by atoms with van der Waals surface area (Å²) in [6, 6.07) is 0. The van der Waals surface area contributed by atoms with Gasteiger partial charge in [-0.2, -0.15) is 8.75 Å². The average molecular weight is 212 g/mol. The molecule has 0 saturated carbocycles. The Balaban J connectivity index is 1.78. The van der Waals surface area contributed by atoms with Crippen LogP contribution in [0.4, 0.5) is 0 Å². The fourth-order valence-corrected chi connectivity index (χ4v) is 2.01. The van der Waals surface area contributed by atoms with Crippen LogP contribution in [0, 0.1) is 0 Å². The number of ether oxygens (including phenoxy) is 1. The van der Waals surface area contributed by atoms with Gasteiger partial charge < -0.3 is 4.74 Å². The first-order chi connectivity index (χ1) is 6.86. The fraction of sp³-hybridized carbons (Fsp3) is 0.667. The van der Waals surface area contributed by atoms with Crippen molar-refractivity contribution in [1.29, 1.82) is 0 Å². The first-order valence-corrected chi connectivity index (χ1v) is 5.51. The van der Waals surface area contributed by atoms with Crippen LogP contribution in [0.5, 0.6) is 0 Å². The Bertz CT molecular complexity index is 294. The van der Waals surface area contributed by atoms with Crippen molar-refractivity contribution in [1.82, 2.24) is 8.75 Å². The second-order valence-corrected chi connectivity index (χ2v) is 3.95. The Labute approximate surface area is 86.6 Å². The van der Waals surface area contributed by atoms with E-state index in [1.165, 1.54) is 6.20 Å². The minimum Gasteiger partial charge on any atom is -0.378 e. The number of carbonyl (C=O) groups is 1. The Morgan fingerprint density at radius 1 is 1.71 bits per heavy atom. The fourth-order valence-electron chi connectivity index (χ4n) is 1.58. The molecule has 0 aliphatic carbocycles. The highest BCUT2D eigenvalue weighted by Gasteiger charge is 2.17. The molecule has 1 saturated heterocycles. The summed E-state index contributed by atoms with van der Waals surface area (Å²) in [5.74, 6) is 0.0780. The van der Waals surface area contributed by atoms with Crippen LogP contribution >= 0.6 is 11.7 Å². The van der Waals surface area contributed by atoms with Crippen LogP contribution in [0.2, 0.25) is 0 Å². The monoisotopic (exact) mass is 212 g/mol. The first kappa shape index (κ1) is 9.73. The third kappa shape index (κ3) is 2.36. The smallest absolute Gasteiger partial charge is 0.184 e. The van der Waals surface area contributed by atoms with E-state index in [9.17, 15) is 4.79 Å². The molecule has 0 radical (unpaired) electrons. The van der Waals surface area contributed by atoms with Gasteiger partial charge in [0.2, 0.25) is 0 Å². The van der Waals surface area contributed by atoms with E-state index in [1.807, 2.05) is 0 Å². The number of hydrogen-bond donors (Lipinski definition) is 0. The molecule has 1 aromatic rings. The molecule has 1 aliphatic heterocycles. The molecule has 0 amide bonds. The zero-order valence-corrected chi connectivity index (χ0v) is 8.63. The van der Waals surface area contributed by atoms with E-state index in [0.29, 0.717) is 12.1 Å². The van der Waals surface area contributed by atoms with Gasteiger partial charge in [0.15, 0.2) is 5.78 Å². The van der Waals surface area contributed by atoms with Gasteiger partial charge in [0.1, 0.15) is 5.69 Å². The number of Topliss-reactive ketones (excluding diaryl/α,β-unsaturated/α-hetero) is 1. The summed E-state index contributed by atoms with van der Waals surface area (Å²) in [7, 11) is 0. The van der Waals surface area contributed by atoms with Crippen LogP contribution in [0.15, 0.2) is 6.20 Å². The average Bonchev–Trinajstić information content (AvgIpc) is 2.87. The summed E-state index contributed by atoms with van der Waals surface area (Å²) >= 11 is 1.07. The summed E-state index contributed by atoms with van der Waals surface area (Å²) in [6.45, 7) is 0.844. The molecule has 4 nitrogen and oxygen atoms in total. The van der Waals surface area contributed by atoms with Gasteiger partial charge in [0, 0.05) is 13.0 Å². The summed E-state index contributed by atoms with van der Waals surface area (Å²) in [6.07, 6.45) is 5.36. The lowest BCUT2D eigenvalue weighted by Crippen LogP contribution is -2.08. The molecule has 14 heavy (non-hydrogen) atoms. The van der Waals surface area contributed by atoms with Gasteiger partial charge in [-0.05, 0) is 19.3 Å². The lowest BCUT2D eigenvalue weighted by molar-refractivity contribution is 0.0856. The van der Waals surface area contributed by atoms with E-state index >= 15 is 0 Å². The van der Waals surface area contributed by atoms with Crippen molar-refractivity contribution in [2.45, 2.75) is 31.8 Å². The summed E-state index contributed by atoms with van der Waals surface area (Å²) in [4.78, 5) is 11.5. The predicted molar refractivity (Wildman–Crippen MR) is 52.4 cm³/mol. The molecule has 2 heterocycles. The molecule has 2 rings (SSSR count).